The summed E-state index contributed by atoms with van der Waals surface area (Å²) in [6, 6.07) is 20.1. The van der Waals surface area contributed by atoms with Gasteiger partial charge in [0.15, 0.2) is 0 Å². The number of nitrogens with zero attached hydrogens (tertiary/aromatic N) is 2. The first-order chi connectivity index (χ1) is 16.4. The van der Waals surface area contributed by atoms with Crippen molar-refractivity contribution in [3.8, 4) is 0 Å². The number of fused-ring (bicyclic) bond motifs is 1. The van der Waals surface area contributed by atoms with Gasteiger partial charge < -0.3 is 5.32 Å². The minimum atomic E-state index is -0.496. The van der Waals surface area contributed by atoms with Crippen LogP contribution in [0.25, 0.3) is 10.9 Å². The number of benzene rings is 3. The van der Waals surface area contributed by atoms with E-state index < -0.39 is 17.1 Å². The quantitative estimate of drug-likeness (QED) is 0.413. The number of carbonyl (C=O) groups is 1. The molecule has 0 saturated heterocycles. The molecule has 4 aromatic rings. The van der Waals surface area contributed by atoms with Gasteiger partial charge >= 0.3 is 5.69 Å². The van der Waals surface area contributed by atoms with Gasteiger partial charge in [0.25, 0.3) is 5.56 Å². The van der Waals surface area contributed by atoms with E-state index in [9.17, 15) is 18.8 Å². The zero-order valence-corrected chi connectivity index (χ0v) is 19.1. The van der Waals surface area contributed by atoms with Gasteiger partial charge in [-0.05, 0) is 47.9 Å². The van der Waals surface area contributed by atoms with E-state index in [0.29, 0.717) is 34.5 Å². The molecule has 4 rings (SSSR count). The third-order valence-electron chi connectivity index (χ3n) is 5.58. The number of carbonyl (C=O) groups excluding carboxylic acids is 1. The van der Waals surface area contributed by atoms with E-state index in [1.165, 1.54) is 16.7 Å². The Kier molecular flexibility index (Phi) is 7.23. The molecule has 0 aliphatic carbocycles. The number of halogens is 2. The number of hydrogen-bond donors (Lipinski definition) is 1. The number of rotatable bonds is 8. The largest absolute Gasteiger partial charge is 0.352 e. The zero-order valence-electron chi connectivity index (χ0n) is 18.3. The highest BCUT2D eigenvalue weighted by molar-refractivity contribution is 6.31. The molecule has 0 fully saturated rings. The molecule has 1 N–H and O–H groups in total. The Morgan fingerprint density at radius 3 is 2.50 bits per heavy atom. The fraction of sp³-hybridized carbons (Fsp3) is 0.192. The normalized spacial score (nSPS) is 11.0. The van der Waals surface area contributed by atoms with Crippen LogP contribution in [0.5, 0.6) is 0 Å². The Balaban J connectivity index is 1.52. The average molecular weight is 480 g/mol. The smallest absolute Gasteiger partial charge is 0.331 e. The Morgan fingerprint density at radius 1 is 0.941 bits per heavy atom. The molecule has 1 heterocycles. The number of nitrogens with one attached hydrogen (secondary N) is 1. The number of amides is 1. The fourth-order valence-corrected chi connectivity index (χ4v) is 4.06. The molecule has 0 saturated carbocycles. The van der Waals surface area contributed by atoms with Gasteiger partial charge in [-0.1, -0.05) is 54.1 Å². The van der Waals surface area contributed by atoms with Gasteiger partial charge in [0, 0.05) is 24.5 Å². The molecule has 8 heteroatoms. The van der Waals surface area contributed by atoms with Crippen LogP contribution in [-0.4, -0.2) is 15.0 Å². The lowest BCUT2D eigenvalue weighted by atomic mass is 10.2. The third kappa shape index (κ3) is 5.26. The molecule has 0 radical (unpaired) electrons. The molecule has 34 heavy (non-hydrogen) atoms. The summed E-state index contributed by atoms with van der Waals surface area (Å²) in [7, 11) is 0. The van der Waals surface area contributed by atoms with E-state index in [1.807, 2.05) is 18.2 Å². The van der Waals surface area contributed by atoms with Crippen molar-refractivity contribution in [2.45, 2.75) is 32.5 Å². The summed E-state index contributed by atoms with van der Waals surface area (Å²) < 4.78 is 16.3. The Morgan fingerprint density at radius 2 is 1.71 bits per heavy atom. The van der Waals surface area contributed by atoms with Crippen molar-refractivity contribution in [3.05, 3.63) is 116 Å². The maximum atomic E-state index is 13.7. The van der Waals surface area contributed by atoms with Crippen LogP contribution in [0.4, 0.5) is 4.39 Å². The predicted molar refractivity (Wildman–Crippen MR) is 131 cm³/mol. The highest BCUT2D eigenvalue weighted by atomic mass is 35.5. The number of hydrogen-bond acceptors (Lipinski definition) is 3. The van der Waals surface area contributed by atoms with E-state index in [1.54, 1.807) is 42.5 Å². The van der Waals surface area contributed by atoms with Gasteiger partial charge in [0.05, 0.1) is 17.4 Å². The van der Waals surface area contributed by atoms with Gasteiger partial charge in [-0.2, -0.15) is 0 Å². The third-order valence-corrected chi connectivity index (χ3v) is 5.95. The van der Waals surface area contributed by atoms with E-state index in [4.69, 9.17) is 11.6 Å². The van der Waals surface area contributed by atoms with Crippen molar-refractivity contribution in [2.75, 3.05) is 0 Å². The summed E-state index contributed by atoms with van der Waals surface area (Å²) in [5.74, 6) is -0.597. The molecule has 3 aromatic carbocycles. The first kappa shape index (κ1) is 23.4. The van der Waals surface area contributed by atoms with Gasteiger partial charge in [0.2, 0.25) is 5.91 Å². The number of aromatic nitrogens is 2. The van der Waals surface area contributed by atoms with Crippen LogP contribution in [0.1, 0.15) is 24.0 Å². The minimum Gasteiger partial charge on any atom is -0.352 e. The van der Waals surface area contributed by atoms with Crippen molar-refractivity contribution in [1.29, 1.82) is 0 Å². The number of para-hydroxylation sites is 1. The van der Waals surface area contributed by atoms with Crippen LogP contribution in [0, 0.1) is 5.82 Å². The van der Waals surface area contributed by atoms with Crippen LogP contribution in [-0.2, 0) is 24.4 Å². The molecule has 0 unspecified atom stereocenters. The molecule has 0 bridgehead atoms. The van der Waals surface area contributed by atoms with Crippen molar-refractivity contribution >= 4 is 28.4 Å². The highest BCUT2D eigenvalue weighted by Crippen LogP contribution is 2.14. The van der Waals surface area contributed by atoms with Crippen molar-refractivity contribution in [2.24, 2.45) is 0 Å². The van der Waals surface area contributed by atoms with E-state index in [-0.39, 0.29) is 25.4 Å². The monoisotopic (exact) mass is 479 g/mol. The minimum absolute atomic E-state index is 0.0885. The van der Waals surface area contributed by atoms with Gasteiger partial charge in [-0.3, -0.25) is 18.7 Å². The van der Waals surface area contributed by atoms with Crippen LogP contribution < -0.4 is 16.6 Å². The molecule has 0 spiro atoms. The Labute approximate surface area is 200 Å². The highest BCUT2D eigenvalue weighted by Gasteiger charge is 2.14. The molecule has 1 amide bonds. The van der Waals surface area contributed by atoms with Crippen LogP contribution in [0.2, 0.25) is 5.02 Å². The molecule has 0 atom stereocenters. The lowest BCUT2D eigenvalue weighted by Gasteiger charge is -2.14. The average Bonchev–Trinajstić information content (AvgIpc) is 2.83. The van der Waals surface area contributed by atoms with Crippen LogP contribution in [0.15, 0.2) is 82.4 Å². The first-order valence-corrected chi connectivity index (χ1v) is 11.3. The topological polar surface area (TPSA) is 73.1 Å². The molecule has 174 valence electrons. The maximum Gasteiger partial charge on any atom is 0.331 e. The summed E-state index contributed by atoms with van der Waals surface area (Å²) in [5, 5.41) is 3.77. The summed E-state index contributed by atoms with van der Waals surface area (Å²) >= 11 is 6.11. The molecule has 0 aliphatic heterocycles. The second-order valence-corrected chi connectivity index (χ2v) is 8.35. The van der Waals surface area contributed by atoms with E-state index in [0.717, 1.165) is 10.1 Å². The maximum absolute atomic E-state index is 13.7. The Hall–Kier alpha value is -3.71. The summed E-state index contributed by atoms with van der Waals surface area (Å²) in [6.07, 6.45) is 0.453. The Bertz CT molecular complexity index is 1460. The lowest BCUT2D eigenvalue weighted by molar-refractivity contribution is -0.121. The molecule has 1 aromatic heterocycles. The summed E-state index contributed by atoms with van der Waals surface area (Å²) in [5.41, 5.74) is 0.993. The zero-order chi connectivity index (χ0) is 24.1. The van der Waals surface area contributed by atoms with E-state index in [2.05, 4.69) is 5.32 Å². The van der Waals surface area contributed by atoms with E-state index >= 15 is 0 Å². The fourth-order valence-electron chi connectivity index (χ4n) is 3.86. The van der Waals surface area contributed by atoms with Crippen LogP contribution >= 0.6 is 11.6 Å². The second kappa shape index (κ2) is 10.5. The SMILES string of the molecule is O=C(CCCn1c(=O)c2ccccc2n(Cc2cccc(F)c2)c1=O)NCc1ccccc1Cl. The predicted octanol–water partition coefficient (Wildman–Crippen LogP) is 4.10. The molecule has 0 aliphatic rings. The molecular formula is C26H23ClFN3O3. The summed E-state index contributed by atoms with van der Waals surface area (Å²) in [6.45, 7) is 0.510. The summed E-state index contributed by atoms with van der Waals surface area (Å²) in [4.78, 5) is 38.5. The van der Waals surface area contributed by atoms with Gasteiger partial charge in [-0.15, -0.1) is 0 Å². The van der Waals surface area contributed by atoms with Crippen molar-refractivity contribution in [3.63, 3.8) is 0 Å². The van der Waals surface area contributed by atoms with Gasteiger partial charge in [0.1, 0.15) is 5.82 Å². The molecule has 6 nitrogen and oxygen atoms in total. The first-order valence-electron chi connectivity index (χ1n) is 10.9. The van der Waals surface area contributed by atoms with Crippen molar-refractivity contribution < 1.29 is 9.18 Å². The van der Waals surface area contributed by atoms with Crippen LogP contribution in [0.3, 0.4) is 0 Å². The molecular weight excluding hydrogens is 457 g/mol. The van der Waals surface area contributed by atoms with Gasteiger partial charge in [-0.25, -0.2) is 9.18 Å². The second-order valence-electron chi connectivity index (χ2n) is 7.94. The standard InChI is InChI=1S/C26H23ClFN3O3/c27-22-11-3-1-8-19(22)16-29-24(32)13-6-14-30-25(33)21-10-2-4-12-23(21)31(26(30)34)17-18-7-5-9-20(28)15-18/h1-5,7-12,15H,6,13-14,16-17H2,(H,29,32). The lowest BCUT2D eigenvalue weighted by Crippen LogP contribution is -2.40. The van der Waals surface area contributed by atoms with Crippen molar-refractivity contribution in [1.82, 2.24) is 14.5 Å².